The maximum absolute atomic E-state index is 13.8. The van der Waals surface area contributed by atoms with E-state index in [2.05, 4.69) is 10.6 Å². The van der Waals surface area contributed by atoms with Crippen molar-refractivity contribution in [3.63, 3.8) is 0 Å². The molecule has 2 aromatic rings. The molecule has 11 nitrogen and oxygen atoms in total. The lowest BCUT2D eigenvalue weighted by Crippen LogP contribution is -2.57. The normalized spacial score (nSPS) is 14.8. The zero-order valence-electron chi connectivity index (χ0n) is 22.5. The van der Waals surface area contributed by atoms with Gasteiger partial charge >= 0.3 is 12.2 Å². The zero-order chi connectivity index (χ0) is 28.6. The van der Waals surface area contributed by atoms with Gasteiger partial charge in [-0.2, -0.15) is 0 Å². The average molecular weight is 539 g/mol. The number of rotatable bonds is 9. The van der Waals surface area contributed by atoms with Crippen LogP contribution in [-0.4, -0.2) is 64.7 Å². The lowest BCUT2D eigenvalue weighted by molar-refractivity contribution is -0.172. The van der Waals surface area contributed by atoms with E-state index in [0.29, 0.717) is 5.06 Å². The number of imide groups is 1. The summed E-state index contributed by atoms with van der Waals surface area (Å²) in [5.41, 5.74) is 0.830. The van der Waals surface area contributed by atoms with Crippen LogP contribution in [0.25, 0.3) is 0 Å². The van der Waals surface area contributed by atoms with E-state index in [1.54, 1.807) is 20.8 Å². The Kier molecular flexibility index (Phi) is 9.64. The molecule has 0 radical (unpaired) electrons. The van der Waals surface area contributed by atoms with E-state index in [0.717, 1.165) is 11.1 Å². The summed E-state index contributed by atoms with van der Waals surface area (Å²) in [4.78, 5) is 69.1. The van der Waals surface area contributed by atoms with Gasteiger partial charge in [0.05, 0.1) is 0 Å². The first-order chi connectivity index (χ1) is 18.4. The van der Waals surface area contributed by atoms with Gasteiger partial charge in [-0.25, -0.2) is 9.59 Å². The molecule has 0 unspecified atom stereocenters. The Bertz CT molecular complexity index is 1170. The van der Waals surface area contributed by atoms with Crippen molar-refractivity contribution in [2.45, 2.75) is 64.3 Å². The van der Waals surface area contributed by atoms with E-state index in [1.807, 2.05) is 60.7 Å². The highest BCUT2D eigenvalue weighted by Gasteiger charge is 2.35. The lowest BCUT2D eigenvalue weighted by Gasteiger charge is -2.32. The Morgan fingerprint density at radius 3 is 1.87 bits per heavy atom. The van der Waals surface area contributed by atoms with Crippen LogP contribution in [0.5, 0.6) is 0 Å². The van der Waals surface area contributed by atoms with E-state index >= 15 is 0 Å². The van der Waals surface area contributed by atoms with Crippen molar-refractivity contribution in [1.29, 1.82) is 0 Å². The van der Waals surface area contributed by atoms with Crippen LogP contribution in [0, 0.1) is 0 Å². The fourth-order valence-corrected chi connectivity index (χ4v) is 3.92. The van der Waals surface area contributed by atoms with Crippen LogP contribution in [0.4, 0.5) is 9.59 Å². The monoisotopic (exact) mass is 538 g/mol. The van der Waals surface area contributed by atoms with Gasteiger partial charge in [-0.05, 0) is 31.9 Å². The molecule has 0 aliphatic carbocycles. The predicted molar refractivity (Wildman–Crippen MR) is 141 cm³/mol. The van der Waals surface area contributed by atoms with Gasteiger partial charge < -0.3 is 19.8 Å². The number of benzene rings is 2. The van der Waals surface area contributed by atoms with Gasteiger partial charge in [0, 0.05) is 32.7 Å². The fraction of sp³-hybridized carbons (Fsp3) is 0.393. The highest BCUT2D eigenvalue weighted by Crippen LogP contribution is 2.15. The highest BCUT2D eigenvalue weighted by atomic mass is 16.7. The Morgan fingerprint density at radius 2 is 1.36 bits per heavy atom. The molecule has 2 atom stereocenters. The lowest BCUT2D eigenvalue weighted by atomic mass is 10.0. The number of likely N-dealkylation sites (N-methyl/N-ethyl adjacent to an activating group) is 1. The van der Waals surface area contributed by atoms with E-state index in [4.69, 9.17) is 9.57 Å². The van der Waals surface area contributed by atoms with Crippen molar-refractivity contribution < 1.29 is 33.5 Å². The number of carbonyl (C=O) groups excluding carboxylic acids is 5. The smallest absolute Gasteiger partial charge is 0.433 e. The molecule has 2 aromatic carbocycles. The van der Waals surface area contributed by atoms with Crippen molar-refractivity contribution in [3.8, 4) is 0 Å². The van der Waals surface area contributed by atoms with E-state index in [9.17, 15) is 24.0 Å². The number of alkyl carbamates (subject to hydrolysis) is 1. The second kappa shape index (κ2) is 12.9. The number of nitrogens with zero attached hydrogens (tertiary/aromatic N) is 2. The van der Waals surface area contributed by atoms with Crippen molar-refractivity contribution in [2.75, 3.05) is 7.05 Å². The molecule has 0 saturated carbocycles. The molecular formula is C28H34N4O7. The van der Waals surface area contributed by atoms with Crippen LogP contribution < -0.4 is 10.6 Å². The third kappa shape index (κ3) is 8.84. The molecule has 1 aliphatic heterocycles. The maximum Gasteiger partial charge on any atom is 0.433 e. The molecule has 1 fully saturated rings. The van der Waals surface area contributed by atoms with Gasteiger partial charge in [0.2, 0.25) is 5.91 Å². The van der Waals surface area contributed by atoms with Crippen LogP contribution in [0.1, 0.15) is 44.7 Å². The SMILES string of the molecule is CN(C(=O)[C@H](Cc1ccccc1)NC(=O)OC(C)(C)C)[C@@H](Cc1ccccc1)NC(=O)ON1C(=O)CCC1=O. The van der Waals surface area contributed by atoms with Crippen molar-refractivity contribution in [3.05, 3.63) is 71.8 Å². The number of nitrogens with one attached hydrogen (secondary N) is 2. The summed E-state index contributed by atoms with van der Waals surface area (Å²) in [6.07, 6.45) is -2.51. The van der Waals surface area contributed by atoms with Gasteiger partial charge in [0.25, 0.3) is 11.8 Å². The summed E-state index contributed by atoms with van der Waals surface area (Å²) in [5, 5.41) is 5.66. The topological polar surface area (TPSA) is 134 Å². The first kappa shape index (κ1) is 29.2. The Morgan fingerprint density at radius 1 is 0.846 bits per heavy atom. The summed E-state index contributed by atoms with van der Waals surface area (Å²) in [6.45, 7) is 5.15. The van der Waals surface area contributed by atoms with Gasteiger partial charge in [-0.1, -0.05) is 60.7 Å². The van der Waals surface area contributed by atoms with Crippen LogP contribution in [0.2, 0.25) is 0 Å². The molecule has 2 N–H and O–H groups in total. The van der Waals surface area contributed by atoms with Crippen molar-refractivity contribution in [2.24, 2.45) is 0 Å². The third-order valence-corrected chi connectivity index (χ3v) is 5.82. The largest absolute Gasteiger partial charge is 0.444 e. The molecule has 0 bridgehead atoms. The number of carbonyl (C=O) groups is 5. The van der Waals surface area contributed by atoms with Gasteiger partial charge in [0.1, 0.15) is 17.8 Å². The Hall–Kier alpha value is -4.41. The first-order valence-corrected chi connectivity index (χ1v) is 12.6. The second-order valence-corrected chi connectivity index (χ2v) is 10.1. The summed E-state index contributed by atoms with van der Waals surface area (Å²) in [7, 11) is 1.48. The minimum Gasteiger partial charge on any atom is -0.444 e. The van der Waals surface area contributed by atoms with Crippen LogP contribution >= 0.6 is 0 Å². The first-order valence-electron chi connectivity index (χ1n) is 12.6. The Balaban J connectivity index is 1.82. The molecular weight excluding hydrogens is 504 g/mol. The summed E-state index contributed by atoms with van der Waals surface area (Å²) < 4.78 is 5.37. The number of hydrogen-bond acceptors (Lipinski definition) is 7. The second-order valence-electron chi connectivity index (χ2n) is 10.1. The van der Waals surface area contributed by atoms with E-state index in [1.165, 1.54) is 11.9 Å². The molecule has 0 aromatic heterocycles. The summed E-state index contributed by atoms with van der Waals surface area (Å²) in [6, 6.07) is 17.2. The Labute approximate surface area is 227 Å². The number of amides is 5. The minimum atomic E-state index is -1.07. The van der Waals surface area contributed by atoms with E-state index < -0.39 is 47.7 Å². The summed E-state index contributed by atoms with van der Waals surface area (Å²) >= 11 is 0. The summed E-state index contributed by atoms with van der Waals surface area (Å²) in [5.74, 6) is -1.74. The fourth-order valence-electron chi connectivity index (χ4n) is 3.92. The van der Waals surface area contributed by atoms with Crippen LogP contribution in [-0.2, 0) is 36.8 Å². The quantitative estimate of drug-likeness (QED) is 0.370. The molecule has 208 valence electrons. The molecule has 5 amide bonds. The highest BCUT2D eigenvalue weighted by molar-refractivity contribution is 6.01. The molecule has 0 spiro atoms. The molecule has 3 rings (SSSR count). The standard InChI is InChI=1S/C28H34N4O7/c1-28(2,3)38-26(36)29-21(17-19-11-7-5-8-12-19)25(35)31(4)22(18-20-13-9-6-10-14-20)30-27(37)39-32-23(33)15-16-24(32)34/h5-14,21-22H,15-18H2,1-4H3,(H,29,36)(H,30,37)/t21-,22-/m0/s1. The van der Waals surface area contributed by atoms with Crippen LogP contribution in [0.15, 0.2) is 60.7 Å². The van der Waals surface area contributed by atoms with Crippen LogP contribution in [0.3, 0.4) is 0 Å². The molecule has 1 saturated heterocycles. The number of ether oxygens (including phenoxy) is 1. The number of hydroxylamine groups is 2. The molecule has 1 aliphatic rings. The van der Waals surface area contributed by atoms with Gasteiger partial charge in [-0.15, -0.1) is 5.06 Å². The molecule has 11 heteroatoms. The zero-order valence-corrected chi connectivity index (χ0v) is 22.5. The van der Waals surface area contributed by atoms with Crippen molar-refractivity contribution in [1.82, 2.24) is 20.6 Å². The maximum atomic E-state index is 13.8. The predicted octanol–water partition coefficient (Wildman–Crippen LogP) is 2.94. The van der Waals surface area contributed by atoms with Gasteiger partial charge in [-0.3, -0.25) is 19.7 Å². The van der Waals surface area contributed by atoms with E-state index in [-0.39, 0.29) is 25.7 Å². The van der Waals surface area contributed by atoms with Gasteiger partial charge in [0.15, 0.2) is 0 Å². The third-order valence-electron chi connectivity index (χ3n) is 5.82. The van der Waals surface area contributed by atoms with Crippen molar-refractivity contribution >= 4 is 29.9 Å². The minimum absolute atomic E-state index is 0.0462. The number of hydrogen-bond donors (Lipinski definition) is 2. The molecule has 1 heterocycles. The molecule has 39 heavy (non-hydrogen) atoms. The average Bonchev–Trinajstić information content (AvgIpc) is 3.19.